The molecule has 4 rings (SSSR count). The van der Waals surface area contributed by atoms with Crippen molar-refractivity contribution in [1.82, 2.24) is 19.7 Å². The number of thioether (sulfide) groups is 1. The van der Waals surface area contributed by atoms with E-state index in [0.29, 0.717) is 17.4 Å². The smallest absolute Gasteiger partial charge is 0.191 e. The first-order valence-corrected chi connectivity index (χ1v) is 12.2. The summed E-state index contributed by atoms with van der Waals surface area (Å²) in [6.45, 7) is 7.26. The Bertz CT molecular complexity index is 1170. The van der Waals surface area contributed by atoms with Gasteiger partial charge in [-0.2, -0.15) is 0 Å². The fraction of sp³-hybridized carbons (Fsp3) is 0.261. The fourth-order valence-electron chi connectivity index (χ4n) is 3.05. The Morgan fingerprint density at radius 1 is 1.06 bits per heavy atom. The summed E-state index contributed by atoms with van der Waals surface area (Å²) in [5, 5.41) is 13.3. The zero-order valence-corrected chi connectivity index (χ0v) is 20.0. The van der Waals surface area contributed by atoms with Gasteiger partial charge in [-0.05, 0) is 38.5 Å². The molecule has 160 valence electrons. The molecule has 0 spiro atoms. The van der Waals surface area contributed by atoms with E-state index >= 15 is 0 Å². The summed E-state index contributed by atoms with van der Waals surface area (Å²) in [5.41, 5.74) is 4.54. The maximum Gasteiger partial charge on any atom is 0.191 e. The van der Waals surface area contributed by atoms with Gasteiger partial charge in [-0.3, -0.25) is 0 Å². The molecule has 0 fully saturated rings. The summed E-state index contributed by atoms with van der Waals surface area (Å²) < 4.78 is 7.98. The highest BCUT2D eigenvalue weighted by atomic mass is 35.5. The van der Waals surface area contributed by atoms with Crippen LogP contribution in [0, 0.1) is 13.8 Å². The highest BCUT2D eigenvalue weighted by Crippen LogP contribution is 2.29. The van der Waals surface area contributed by atoms with E-state index in [1.54, 1.807) is 23.1 Å². The Balaban J connectivity index is 1.41. The quantitative estimate of drug-likeness (QED) is 0.273. The van der Waals surface area contributed by atoms with Crippen LogP contribution in [0.5, 0.6) is 5.75 Å². The second-order valence-electron chi connectivity index (χ2n) is 7.16. The topological polar surface area (TPSA) is 52.8 Å². The molecule has 0 saturated carbocycles. The predicted molar refractivity (Wildman–Crippen MR) is 128 cm³/mol. The SMILES string of the molecule is CCn1c(COc2cc(C)ccc2Cl)nnc1SCc1csc(-c2ccc(C)cc2)n1. The van der Waals surface area contributed by atoms with E-state index in [4.69, 9.17) is 21.3 Å². The van der Waals surface area contributed by atoms with Crippen LogP contribution in [0.1, 0.15) is 29.6 Å². The van der Waals surface area contributed by atoms with Crippen LogP contribution in [-0.2, 0) is 18.9 Å². The standard InChI is InChI=1S/C23H23ClN4OS2/c1-4-28-21(12-29-20-11-16(3)7-10-19(20)24)26-27-23(28)31-14-18-13-30-22(25-18)17-8-5-15(2)6-9-17/h5-11,13H,4,12,14H2,1-3H3. The lowest BCUT2D eigenvalue weighted by molar-refractivity contribution is 0.288. The molecule has 0 amide bonds. The first-order valence-electron chi connectivity index (χ1n) is 9.98. The Kier molecular flexibility index (Phi) is 6.95. The second-order valence-corrected chi connectivity index (χ2v) is 9.37. The molecule has 5 nitrogen and oxygen atoms in total. The van der Waals surface area contributed by atoms with Crippen LogP contribution < -0.4 is 4.74 Å². The van der Waals surface area contributed by atoms with Crippen molar-refractivity contribution in [2.24, 2.45) is 0 Å². The summed E-state index contributed by atoms with van der Waals surface area (Å²) in [5.74, 6) is 2.18. The van der Waals surface area contributed by atoms with E-state index < -0.39 is 0 Å². The molecule has 0 aliphatic heterocycles. The number of benzene rings is 2. The largest absolute Gasteiger partial charge is 0.484 e. The molecule has 0 aliphatic carbocycles. The number of nitrogens with zero attached hydrogens (tertiary/aromatic N) is 4. The maximum absolute atomic E-state index is 6.23. The fourth-order valence-corrected chi connectivity index (χ4v) is 5.07. The maximum atomic E-state index is 6.23. The third kappa shape index (κ3) is 5.29. The summed E-state index contributed by atoms with van der Waals surface area (Å²) in [7, 11) is 0. The van der Waals surface area contributed by atoms with Gasteiger partial charge >= 0.3 is 0 Å². The first-order chi connectivity index (χ1) is 15.0. The first kappa shape index (κ1) is 21.9. The lowest BCUT2D eigenvalue weighted by atomic mass is 10.2. The molecule has 8 heteroatoms. The lowest BCUT2D eigenvalue weighted by Crippen LogP contribution is -2.07. The third-order valence-electron chi connectivity index (χ3n) is 4.75. The molecule has 0 unspecified atom stereocenters. The molecule has 0 bridgehead atoms. The molecule has 2 aromatic carbocycles. The highest BCUT2D eigenvalue weighted by molar-refractivity contribution is 7.98. The minimum atomic E-state index is 0.318. The number of hydrogen-bond donors (Lipinski definition) is 0. The molecule has 0 atom stereocenters. The van der Waals surface area contributed by atoms with Crippen molar-refractivity contribution in [2.45, 2.75) is 44.8 Å². The normalized spacial score (nSPS) is 11.1. The number of thiazole rings is 1. The lowest BCUT2D eigenvalue weighted by Gasteiger charge is -2.10. The van der Waals surface area contributed by atoms with Gasteiger partial charge in [0.1, 0.15) is 17.4 Å². The van der Waals surface area contributed by atoms with Gasteiger partial charge < -0.3 is 9.30 Å². The third-order valence-corrected chi connectivity index (χ3v) is 7.01. The van der Waals surface area contributed by atoms with Crippen LogP contribution >= 0.6 is 34.7 Å². The van der Waals surface area contributed by atoms with Crippen molar-refractivity contribution in [1.29, 1.82) is 0 Å². The average molecular weight is 471 g/mol. The van der Waals surface area contributed by atoms with Crippen molar-refractivity contribution in [3.05, 3.63) is 75.5 Å². The molecule has 0 radical (unpaired) electrons. The molecule has 2 heterocycles. The molecule has 0 saturated heterocycles. The van der Waals surface area contributed by atoms with Gasteiger partial charge in [0, 0.05) is 23.2 Å². The number of ether oxygens (including phenoxy) is 1. The van der Waals surface area contributed by atoms with Crippen LogP contribution in [0.25, 0.3) is 10.6 Å². The van der Waals surface area contributed by atoms with Crippen molar-refractivity contribution in [2.75, 3.05) is 0 Å². The van der Waals surface area contributed by atoms with Gasteiger partial charge in [0.2, 0.25) is 0 Å². The molecule has 2 aromatic heterocycles. The second kappa shape index (κ2) is 9.85. The van der Waals surface area contributed by atoms with Crippen LogP contribution in [-0.4, -0.2) is 19.7 Å². The Labute approximate surface area is 195 Å². The predicted octanol–water partition coefficient (Wildman–Crippen LogP) is 6.56. The minimum absolute atomic E-state index is 0.318. The molecule has 4 aromatic rings. The molecular weight excluding hydrogens is 448 g/mol. The summed E-state index contributed by atoms with van der Waals surface area (Å²) in [4.78, 5) is 4.78. The van der Waals surface area contributed by atoms with Crippen molar-refractivity contribution >= 4 is 34.7 Å². The highest BCUT2D eigenvalue weighted by Gasteiger charge is 2.14. The Hall–Kier alpha value is -2.35. The Morgan fingerprint density at radius 2 is 1.84 bits per heavy atom. The van der Waals surface area contributed by atoms with E-state index in [1.807, 2.05) is 25.1 Å². The summed E-state index contributed by atoms with van der Waals surface area (Å²) in [6.07, 6.45) is 0. The van der Waals surface area contributed by atoms with Gasteiger partial charge in [0.15, 0.2) is 11.0 Å². The summed E-state index contributed by atoms with van der Waals surface area (Å²) >= 11 is 9.54. The van der Waals surface area contributed by atoms with Gasteiger partial charge in [-0.15, -0.1) is 21.5 Å². The van der Waals surface area contributed by atoms with E-state index in [1.165, 1.54) is 5.56 Å². The molecule has 31 heavy (non-hydrogen) atoms. The zero-order chi connectivity index (χ0) is 21.8. The van der Waals surface area contributed by atoms with Gasteiger partial charge in [0.05, 0.1) is 10.7 Å². The van der Waals surface area contributed by atoms with Gasteiger partial charge in [-0.1, -0.05) is 59.3 Å². The van der Waals surface area contributed by atoms with E-state index in [9.17, 15) is 0 Å². The van der Waals surface area contributed by atoms with Crippen LogP contribution in [0.4, 0.5) is 0 Å². The van der Waals surface area contributed by atoms with Gasteiger partial charge in [0.25, 0.3) is 0 Å². The van der Waals surface area contributed by atoms with Crippen molar-refractivity contribution in [3.63, 3.8) is 0 Å². The minimum Gasteiger partial charge on any atom is -0.484 e. The number of rotatable bonds is 8. The Morgan fingerprint density at radius 3 is 2.61 bits per heavy atom. The number of aromatic nitrogens is 4. The van der Waals surface area contributed by atoms with Crippen molar-refractivity contribution in [3.8, 4) is 16.3 Å². The number of aryl methyl sites for hydroxylation is 2. The molecular formula is C23H23ClN4OS2. The molecule has 0 aliphatic rings. The van der Waals surface area contributed by atoms with E-state index in [0.717, 1.165) is 45.1 Å². The monoisotopic (exact) mass is 470 g/mol. The van der Waals surface area contributed by atoms with Gasteiger partial charge in [-0.25, -0.2) is 4.98 Å². The molecule has 0 N–H and O–H groups in total. The summed E-state index contributed by atoms with van der Waals surface area (Å²) in [6, 6.07) is 14.2. The number of halogens is 1. The van der Waals surface area contributed by atoms with Crippen LogP contribution in [0.3, 0.4) is 0 Å². The van der Waals surface area contributed by atoms with Crippen LogP contribution in [0.2, 0.25) is 5.02 Å². The van der Waals surface area contributed by atoms with Crippen molar-refractivity contribution < 1.29 is 4.74 Å². The number of hydrogen-bond acceptors (Lipinski definition) is 6. The van der Waals surface area contributed by atoms with E-state index in [2.05, 4.69) is 58.3 Å². The average Bonchev–Trinajstić information content (AvgIpc) is 3.40. The zero-order valence-electron chi connectivity index (χ0n) is 17.6. The van der Waals surface area contributed by atoms with E-state index in [-0.39, 0.29) is 0 Å². The van der Waals surface area contributed by atoms with Crippen LogP contribution in [0.15, 0.2) is 53.0 Å².